The van der Waals surface area contributed by atoms with Crippen molar-refractivity contribution in [2.45, 2.75) is 0 Å². The molecule has 0 amide bonds. The molecule has 5 heterocycles. The average molecular weight is 878 g/mol. The molecule has 0 fully saturated rings. The zero-order valence-corrected chi connectivity index (χ0v) is 33.6. The standard InChI is InChI=1S/C32H18N8.2C7H6NO3.Ni/c1-2-10-18-17(9-1)25-33-26(18)38-28-21-13-5-6-14-22(21)30(35-28)40-32-24-16-8-7-15-23(24)31(36-32)39-29-20-12-4-3-11-19(20)27(34-29)37-25;2*1-11-7-4-2-6(3-5-7)8(9)10;/h1-16H,(H2,33,34,35,36,37,38,39,40);2*2-5H,1H2;. The number of rotatable bonds is 8. The van der Waals surface area contributed by atoms with Gasteiger partial charge in [0.05, 0.1) is 0 Å². The SMILES string of the molecule is O=[N+]([O-])c1ccc(O[CH2][Ni][CH2]Oc2ccc([N+](=O)[O-])cc2)cc1.c1ccc2c(c1)-c1nc-2nc2[nH]c(nc3nc(nc4[nH]c(n1)c1ccccc41)-c1ccccc1-3)c1ccccc21. The van der Waals surface area contributed by atoms with Crippen LogP contribution < -0.4 is 9.47 Å². The van der Waals surface area contributed by atoms with Crippen LogP contribution in [0.5, 0.6) is 11.5 Å². The molecule has 2 aliphatic rings. The molecule has 0 unspecified atom stereocenters. The van der Waals surface area contributed by atoms with Crippen LogP contribution in [0.4, 0.5) is 11.4 Å². The number of nitro groups is 2. The summed E-state index contributed by atoms with van der Waals surface area (Å²) in [5.41, 5.74) is 7.13. The second-order valence-corrected chi connectivity index (χ2v) is 15.0. The molecule has 3 aromatic heterocycles. The molecular formula is C46H30N10NiO6. The zero-order chi connectivity index (χ0) is 42.9. The molecule has 11 rings (SSSR count). The van der Waals surface area contributed by atoms with Crippen LogP contribution in [-0.2, 0) is 14.4 Å². The van der Waals surface area contributed by atoms with Gasteiger partial charge in [-0.15, -0.1) is 0 Å². The van der Waals surface area contributed by atoms with E-state index in [1.54, 1.807) is 0 Å². The Morgan fingerprint density at radius 2 is 0.698 bits per heavy atom. The van der Waals surface area contributed by atoms with Crippen LogP contribution in [0.1, 0.15) is 0 Å². The van der Waals surface area contributed by atoms with Crippen molar-refractivity contribution >= 4 is 55.5 Å². The van der Waals surface area contributed by atoms with E-state index in [2.05, 4.69) is 9.97 Å². The zero-order valence-electron chi connectivity index (χ0n) is 32.6. The fourth-order valence-electron chi connectivity index (χ4n) is 7.12. The number of nitro benzene ring substituents is 2. The Kier molecular flexibility index (Phi) is 10.2. The third-order valence-electron chi connectivity index (χ3n) is 10.1. The van der Waals surface area contributed by atoms with Crippen molar-refractivity contribution < 1.29 is 33.8 Å². The molecule has 6 aromatic carbocycles. The second-order valence-electron chi connectivity index (χ2n) is 13.9. The van der Waals surface area contributed by atoms with E-state index in [-0.39, 0.29) is 11.4 Å². The number of H-pyrrole nitrogens is 2. The van der Waals surface area contributed by atoms with Gasteiger partial charge in [0.2, 0.25) is 0 Å². The van der Waals surface area contributed by atoms with Crippen LogP contribution in [-0.4, -0.2) is 60.9 Å². The third-order valence-corrected chi connectivity index (χ3v) is 10.8. The Hall–Kier alpha value is -8.43. The maximum atomic E-state index is 10.5. The van der Waals surface area contributed by atoms with E-state index in [0.29, 0.717) is 68.5 Å². The molecule has 8 bridgehead atoms. The van der Waals surface area contributed by atoms with Gasteiger partial charge in [-0.3, -0.25) is 0 Å². The summed E-state index contributed by atoms with van der Waals surface area (Å²) in [4.78, 5) is 56.8. The monoisotopic (exact) mass is 876 g/mol. The molecule has 310 valence electrons. The molecule has 0 spiro atoms. The number of hydrogen-bond acceptors (Lipinski definition) is 12. The molecule has 17 heteroatoms. The van der Waals surface area contributed by atoms with E-state index in [0.717, 1.165) is 43.8 Å². The maximum Gasteiger partial charge on any atom is 0.164 e. The minimum atomic E-state index is -0.474. The molecule has 16 nitrogen and oxygen atoms in total. The third kappa shape index (κ3) is 7.75. The Balaban J connectivity index is 0.000000176. The molecule has 0 radical (unpaired) electrons. The predicted molar refractivity (Wildman–Crippen MR) is 233 cm³/mol. The van der Waals surface area contributed by atoms with Gasteiger partial charge in [0.15, 0.2) is 23.3 Å². The van der Waals surface area contributed by atoms with Gasteiger partial charge in [0.25, 0.3) is 0 Å². The van der Waals surface area contributed by atoms with Crippen molar-refractivity contribution in [3.8, 4) is 57.1 Å². The number of nitrogens with zero attached hydrogens (tertiary/aromatic N) is 8. The molecule has 0 saturated heterocycles. The van der Waals surface area contributed by atoms with Crippen molar-refractivity contribution in [1.29, 1.82) is 0 Å². The number of non-ortho nitro benzene ring substituents is 2. The average Bonchev–Trinajstić information content (AvgIpc) is 4.05. The van der Waals surface area contributed by atoms with E-state index >= 15 is 0 Å². The van der Waals surface area contributed by atoms with Crippen LogP contribution >= 0.6 is 0 Å². The molecule has 63 heavy (non-hydrogen) atoms. The van der Waals surface area contributed by atoms with Gasteiger partial charge in [-0.1, -0.05) is 97.1 Å². The molecule has 0 atom stereocenters. The van der Waals surface area contributed by atoms with E-state index in [1.807, 2.05) is 97.1 Å². The Morgan fingerprint density at radius 3 is 0.984 bits per heavy atom. The van der Waals surface area contributed by atoms with Crippen LogP contribution in [0.2, 0.25) is 0 Å². The predicted octanol–water partition coefficient (Wildman–Crippen LogP) is 9.83. The van der Waals surface area contributed by atoms with E-state index in [4.69, 9.17) is 39.4 Å². The summed E-state index contributed by atoms with van der Waals surface area (Å²) in [7, 11) is 0. The number of benzene rings is 6. The normalized spacial score (nSPS) is 11.4. The van der Waals surface area contributed by atoms with Gasteiger partial charge in [0.1, 0.15) is 22.6 Å². The molecule has 2 aliphatic heterocycles. The first-order valence-electron chi connectivity index (χ1n) is 19.2. The molecule has 0 aliphatic carbocycles. The summed E-state index contributed by atoms with van der Waals surface area (Å²) in [5.74, 6) is 3.45. The number of fused-ring (bicyclic) bond motifs is 20. The quantitative estimate of drug-likeness (QED) is 0.0632. The Labute approximate surface area is 361 Å². The Morgan fingerprint density at radius 1 is 0.413 bits per heavy atom. The number of hydrogen-bond donors (Lipinski definition) is 2. The summed E-state index contributed by atoms with van der Waals surface area (Å²) in [5, 5.41) is 24.8. The van der Waals surface area contributed by atoms with Crippen LogP contribution in [0, 0.1) is 20.2 Å². The van der Waals surface area contributed by atoms with Crippen LogP contribution in [0.3, 0.4) is 0 Å². The van der Waals surface area contributed by atoms with Gasteiger partial charge >= 0.3 is 137 Å². The number of nitrogens with one attached hydrogen (secondary N) is 2. The molecular weight excluding hydrogens is 847 g/mol. The molecule has 2 N–H and O–H groups in total. The van der Waals surface area contributed by atoms with E-state index in [1.165, 1.54) is 63.0 Å². The topological polar surface area (TPSA) is 214 Å². The van der Waals surface area contributed by atoms with E-state index in [9.17, 15) is 20.2 Å². The van der Waals surface area contributed by atoms with Gasteiger partial charge in [-0.25, -0.2) is 29.9 Å². The minimum absolute atomic E-state index is 0.00773. The Bertz CT molecular complexity index is 3030. The second kappa shape index (κ2) is 16.6. The fraction of sp³-hybridized carbons (Fsp3) is 0.0435. The van der Waals surface area contributed by atoms with Gasteiger partial charge in [0, 0.05) is 43.8 Å². The van der Waals surface area contributed by atoms with Crippen molar-refractivity contribution in [3.05, 3.63) is 166 Å². The molecule has 9 aromatic rings. The number of aromatic nitrogens is 8. The number of aromatic amines is 2. The summed E-state index contributed by atoms with van der Waals surface area (Å²) >= 11 is 1.17. The first-order chi connectivity index (χ1) is 30.9. The minimum Gasteiger partial charge on any atom is -0.324 e. The van der Waals surface area contributed by atoms with Gasteiger partial charge in [-0.05, 0) is 0 Å². The number of ether oxygens (including phenoxy) is 2. The summed E-state index contributed by atoms with van der Waals surface area (Å²) < 4.78 is 10.8. The maximum absolute atomic E-state index is 10.5. The largest absolute Gasteiger partial charge is 0.324 e. The summed E-state index contributed by atoms with van der Waals surface area (Å²) in [6.07, 6.45) is 0. The van der Waals surface area contributed by atoms with Crippen LogP contribution in [0.15, 0.2) is 146 Å². The van der Waals surface area contributed by atoms with Crippen molar-refractivity contribution in [1.82, 2.24) is 39.9 Å². The van der Waals surface area contributed by atoms with E-state index < -0.39 is 9.85 Å². The molecule has 0 saturated carbocycles. The smallest absolute Gasteiger partial charge is 0.164 e. The van der Waals surface area contributed by atoms with Crippen molar-refractivity contribution in [2.24, 2.45) is 0 Å². The van der Waals surface area contributed by atoms with Crippen LogP contribution in [0.25, 0.3) is 89.7 Å². The summed E-state index contributed by atoms with van der Waals surface area (Å²) in [6, 6.07) is 43.8. The fourth-order valence-corrected chi connectivity index (χ4v) is 7.73. The van der Waals surface area contributed by atoms with Crippen molar-refractivity contribution in [3.63, 3.8) is 0 Å². The first kappa shape index (κ1) is 38.8. The van der Waals surface area contributed by atoms with Gasteiger partial charge < -0.3 is 9.97 Å². The van der Waals surface area contributed by atoms with Crippen molar-refractivity contribution in [2.75, 3.05) is 11.2 Å². The first-order valence-corrected chi connectivity index (χ1v) is 20.6. The van der Waals surface area contributed by atoms with Gasteiger partial charge in [-0.2, -0.15) is 0 Å². The summed E-state index contributed by atoms with van der Waals surface area (Å²) in [6.45, 7) is 0.